The van der Waals surface area contributed by atoms with Gasteiger partial charge in [0.2, 0.25) is 11.8 Å². The van der Waals surface area contributed by atoms with Crippen molar-refractivity contribution < 1.29 is 23.4 Å². The lowest BCUT2D eigenvalue weighted by Crippen LogP contribution is -2.36. The van der Waals surface area contributed by atoms with Gasteiger partial charge in [-0.3, -0.25) is 4.79 Å². The monoisotopic (exact) mass is 367 g/mol. The predicted molar refractivity (Wildman–Crippen MR) is 93.0 cm³/mol. The van der Waals surface area contributed by atoms with E-state index in [1.54, 1.807) is 39.5 Å². The first kappa shape index (κ1) is 19.1. The Labute approximate surface area is 150 Å². The van der Waals surface area contributed by atoms with E-state index in [9.17, 15) is 4.79 Å². The fourth-order valence-corrected chi connectivity index (χ4v) is 2.63. The maximum atomic E-state index is 11.8. The molecule has 0 aliphatic heterocycles. The first-order valence-corrected chi connectivity index (χ1v) is 8.52. The summed E-state index contributed by atoms with van der Waals surface area (Å²) in [4.78, 5) is 11.8. The van der Waals surface area contributed by atoms with E-state index in [-0.39, 0.29) is 17.7 Å². The number of rotatable bonds is 9. The van der Waals surface area contributed by atoms with E-state index in [4.69, 9.17) is 18.6 Å². The summed E-state index contributed by atoms with van der Waals surface area (Å²) in [7, 11) is 4.72. The molecule has 8 nitrogen and oxygen atoms in total. The normalized spacial score (nSPS) is 11.8. The fourth-order valence-electron chi connectivity index (χ4n) is 2.05. The molecule has 0 saturated heterocycles. The highest BCUT2D eigenvalue weighted by Gasteiger charge is 2.14. The van der Waals surface area contributed by atoms with Crippen LogP contribution in [0.3, 0.4) is 0 Å². The van der Waals surface area contributed by atoms with Crippen molar-refractivity contribution in [2.75, 3.05) is 33.7 Å². The maximum absolute atomic E-state index is 11.8. The van der Waals surface area contributed by atoms with E-state index < -0.39 is 0 Å². The molecule has 0 fully saturated rings. The highest BCUT2D eigenvalue weighted by atomic mass is 32.2. The largest absolute Gasteiger partial charge is 0.497 e. The molecule has 0 unspecified atom stereocenters. The molecule has 25 heavy (non-hydrogen) atoms. The summed E-state index contributed by atoms with van der Waals surface area (Å²) in [6, 6.07) is 5.23. The number of thioether (sulfide) groups is 1. The van der Waals surface area contributed by atoms with E-state index in [1.165, 1.54) is 11.8 Å². The molecule has 0 aliphatic carbocycles. The molecular weight excluding hydrogens is 346 g/mol. The Balaban J connectivity index is 1.99. The van der Waals surface area contributed by atoms with Crippen LogP contribution in [-0.2, 0) is 9.53 Å². The quantitative estimate of drug-likeness (QED) is 0.672. The SMILES string of the molecule is COC[C@H](C)NC(=O)CSc1nnc(-c2cc(OC)cc(OC)c2)o1. The molecule has 0 aliphatic rings. The van der Waals surface area contributed by atoms with Crippen molar-refractivity contribution in [3.8, 4) is 23.0 Å². The van der Waals surface area contributed by atoms with Gasteiger partial charge in [-0.2, -0.15) is 0 Å². The van der Waals surface area contributed by atoms with Gasteiger partial charge < -0.3 is 23.9 Å². The molecule has 1 aromatic heterocycles. The van der Waals surface area contributed by atoms with Crippen molar-refractivity contribution in [3.63, 3.8) is 0 Å². The Bertz CT molecular complexity index is 685. The third kappa shape index (κ3) is 5.64. The number of hydrogen-bond acceptors (Lipinski definition) is 8. The Morgan fingerprint density at radius 2 is 1.88 bits per heavy atom. The number of ether oxygens (including phenoxy) is 3. The van der Waals surface area contributed by atoms with Crippen LogP contribution >= 0.6 is 11.8 Å². The minimum atomic E-state index is -0.127. The highest BCUT2D eigenvalue weighted by molar-refractivity contribution is 7.99. The summed E-state index contributed by atoms with van der Waals surface area (Å²) in [5.74, 6) is 1.61. The number of aromatic nitrogens is 2. The van der Waals surface area contributed by atoms with Crippen LogP contribution in [0.25, 0.3) is 11.5 Å². The molecule has 0 bridgehead atoms. The molecule has 136 valence electrons. The van der Waals surface area contributed by atoms with Crippen molar-refractivity contribution >= 4 is 17.7 Å². The third-order valence-corrected chi connectivity index (χ3v) is 3.97. The van der Waals surface area contributed by atoms with E-state index in [0.29, 0.717) is 34.8 Å². The average Bonchev–Trinajstić information content (AvgIpc) is 3.08. The van der Waals surface area contributed by atoms with Crippen molar-refractivity contribution in [2.24, 2.45) is 0 Å². The van der Waals surface area contributed by atoms with Gasteiger partial charge >= 0.3 is 0 Å². The zero-order valence-corrected chi connectivity index (χ0v) is 15.4. The van der Waals surface area contributed by atoms with Gasteiger partial charge in [-0.05, 0) is 19.1 Å². The molecule has 0 saturated carbocycles. The summed E-state index contributed by atoms with van der Waals surface area (Å²) in [6.07, 6.45) is 0. The van der Waals surface area contributed by atoms with Gasteiger partial charge in [-0.1, -0.05) is 11.8 Å². The van der Waals surface area contributed by atoms with Crippen LogP contribution in [0.2, 0.25) is 0 Å². The number of carbonyl (C=O) groups excluding carboxylic acids is 1. The van der Waals surface area contributed by atoms with Gasteiger partial charge in [-0.15, -0.1) is 10.2 Å². The fraction of sp³-hybridized carbons (Fsp3) is 0.438. The van der Waals surface area contributed by atoms with Crippen LogP contribution in [-0.4, -0.2) is 55.8 Å². The second-order valence-corrected chi connectivity index (χ2v) is 6.11. The smallest absolute Gasteiger partial charge is 0.277 e. The van der Waals surface area contributed by atoms with Crippen LogP contribution in [0.15, 0.2) is 27.8 Å². The van der Waals surface area contributed by atoms with Crippen LogP contribution in [0.4, 0.5) is 0 Å². The molecule has 1 atom stereocenters. The standard InChI is InChI=1S/C16H21N3O5S/c1-10(8-21-2)17-14(20)9-25-16-19-18-15(24-16)11-5-12(22-3)7-13(6-11)23-4/h5-7,10H,8-9H2,1-4H3,(H,17,20)/t10-/m0/s1. The first-order valence-electron chi connectivity index (χ1n) is 7.53. The van der Waals surface area contributed by atoms with Gasteiger partial charge in [0.05, 0.1) is 26.6 Å². The number of nitrogens with one attached hydrogen (secondary N) is 1. The van der Waals surface area contributed by atoms with Gasteiger partial charge in [0, 0.05) is 24.8 Å². The van der Waals surface area contributed by atoms with Crippen molar-refractivity contribution in [2.45, 2.75) is 18.2 Å². The van der Waals surface area contributed by atoms with Crippen molar-refractivity contribution in [3.05, 3.63) is 18.2 Å². The van der Waals surface area contributed by atoms with E-state index in [1.807, 2.05) is 6.92 Å². The van der Waals surface area contributed by atoms with Crippen molar-refractivity contribution in [1.82, 2.24) is 15.5 Å². The molecule has 1 N–H and O–H groups in total. The molecule has 0 spiro atoms. The van der Waals surface area contributed by atoms with E-state index >= 15 is 0 Å². The molecular formula is C16H21N3O5S. The topological polar surface area (TPSA) is 95.7 Å². The number of methoxy groups -OCH3 is 3. The molecule has 2 aromatic rings. The van der Waals surface area contributed by atoms with E-state index in [2.05, 4.69) is 15.5 Å². The summed E-state index contributed by atoms with van der Waals surface area (Å²) in [5.41, 5.74) is 0.675. The number of benzene rings is 1. The summed E-state index contributed by atoms with van der Waals surface area (Å²) in [6.45, 7) is 2.33. The Kier molecular flexibility index (Phi) is 7.08. The minimum Gasteiger partial charge on any atom is -0.497 e. The van der Waals surface area contributed by atoms with Crippen LogP contribution < -0.4 is 14.8 Å². The minimum absolute atomic E-state index is 0.0550. The zero-order chi connectivity index (χ0) is 18.2. The molecule has 1 aromatic carbocycles. The Morgan fingerprint density at radius 1 is 1.20 bits per heavy atom. The lowest BCUT2D eigenvalue weighted by molar-refractivity contribution is -0.119. The third-order valence-electron chi connectivity index (χ3n) is 3.16. The lowest BCUT2D eigenvalue weighted by atomic mass is 10.2. The molecule has 1 amide bonds. The van der Waals surface area contributed by atoms with Crippen LogP contribution in [0.1, 0.15) is 6.92 Å². The van der Waals surface area contributed by atoms with Gasteiger partial charge in [-0.25, -0.2) is 0 Å². The Hall–Kier alpha value is -2.26. The van der Waals surface area contributed by atoms with Gasteiger partial charge in [0.15, 0.2) is 0 Å². The van der Waals surface area contributed by atoms with Gasteiger partial charge in [0.1, 0.15) is 11.5 Å². The number of amides is 1. The molecule has 2 rings (SSSR count). The highest BCUT2D eigenvalue weighted by Crippen LogP contribution is 2.30. The van der Waals surface area contributed by atoms with E-state index in [0.717, 1.165) is 0 Å². The zero-order valence-electron chi connectivity index (χ0n) is 14.6. The summed E-state index contributed by atoms with van der Waals surface area (Å²) < 4.78 is 21.0. The maximum Gasteiger partial charge on any atom is 0.277 e. The number of nitrogens with zero attached hydrogens (tertiary/aromatic N) is 2. The van der Waals surface area contributed by atoms with Crippen LogP contribution in [0, 0.1) is 0 Å². The van der Waals surface area contributed by atoms with Gasteiger partial charge in [0.25, 0.3) is 5.22 Å². The first-order chi connectivity index (χ1) is 12.0. The molecule has 0 radical (unpaired) electrons. The second-order valence-electron chi connectivity index (χ2n) is 5.19. The summed E-state index contributed by atoms with van der Waals surface area (Å²) >= 11 is 1.17. The number of carbonyl (C=O) groups is 1. The summed E-state index contributed by atoms with van der Waals surface area (Å²) in [5, 5.41) is 11.1. The molecule has 9 heteroatoms. The average molecular weight is 367 g/mol. The second kappa shape index (κ2) is 9.28. The predicted octanol–water partition coefficient (Wildman–Crippen LogP) is 2.00. The number of hydrogen-bond donors (Lipinski definition) is 1. The lowest BCUT2D eigenvalue weighted by Gasteiger charge is -2.11. The molecule has 1 heterocycles. The van der Waals surface area contributed by atoms with Crippen LogP contribution in [0.5, 0.6) is 11.5 Å². The Morgan fingerprint density at radius 3 is 2.48 bits per heavy atom. The van der Waals surface area contributed by atoms with Crippen molar-refractivity contribution in [1.29, 1.82) is 0 Å².